The largest absolute Gasteiger partial charge is 0.389 e. The fraction of sp³-hybridized carbons (Fsp3) is 0.625. The fourth-order valence-corrected chi connectivity index (χ4v) is 0.436. The molecule has 0 aromatic rings. The van der Waals surface area contributed by atoms with Crippen LogP contribution in [0.5, 0.6) is 0 Å². The van der Waals surface area contributed by atoms with Crippen LogP contribution in [0.25, 0.3) is 0 Å². The van der Waals surface area contributed by atoms with Crippen molar-refractivity contribution >= 4 is 5.71 Å². The number of hydrogen-bond acceptors (Lipinski definition) is 2. The second-order valence-corrected chi connectivity index (χ2v) is 2.52. The average Bonchev–Trinajstić information content (AvgIpc) is 1.87. The fourth-order valence-electron chi connectivity index (χ4n) is 0.436. The first kappa shape index (κ1) is 9.21. The molecule has 0 aromatic carbocycles. The SMILES string of the molecule is C/N=C(C)/C=C\NC(C)C. The van der Waals surface area contributed by atoms with Gasteiger partial charge >= 0.3 is 0 Å². The summed E-state index contributed by atoms with van der Waals surface area (Å²) in [6.07, 6.45) is 3.88. The molecule has 0 radical (unpaired) electrons. The molecule has 0 heterocycles. The predicted octanol–water partition coefficient (Wildman–Crippen LogP) is 1.59. The smallest absolute Gasteiger partial charge is 0.0328 e. The molecule has 58 valence electrons. The zero-order chi connectivity index (χ0) is 7.98. The summed E-state index contributed by atoms with van der Waals surface area (Å²) in [5, 5.41) is 3.15. The summed E-state index contributed by atoms with van der Waals surface area (Å²) >= 11 is 0. The molecule has 0 saturated heterocycles. The highest BCUT2D eigenvalue weighted by molar-refractivity contribution is 5.92. The second kappa shape index (κ2) is 5.03. The van der Waals surface area contributed by atoms with Gasteiger partial charge in [-0.15, -0.1) is 0 Å². The van der Waals surface area contributed by atoms with Crippen molar-refractivity contribution in [3.63, 3.8) is 0 Å². The highest BCUT2D eigenvalue weighted by atomic mass is 14.9. The van der Waals surface area contributed by atoms with Crippen LogP contribution in [0.15, 0.2) is 17.3 Å². The molecular formula is C8H16N2. The highest BCUT2D eigenvalue weighted by Crippen LogP contribution is 1.79. The van der Waals surface area contributed by atoms with Gasteiger partial charge in [-0.1, -0.05) is 0 Å². The molecule has 0 aromatic heterocycles. The van der Waals surface area contributed by atoms with Crippen LogP contribution in [-0.2, 0) is 0 Å². The van der Waals surface area contributed by atoms with Crippen LogP contribution in [0.1, 0.15) is 20.8 Å². The van der Waals surface area contributed by atoms with E-state index in [9.17, 15) is 0 Å². The van der Waals surface area contributed by atoms with Crippen molar-refractivity contribution in [2.24, 2.45) is 4.99 Å². The van der Waals surface area contributed by atoms with E-state index >= 15 is 0 Å². The first-order valence-corrected chi connectivity index (χ1v) is 3.52. The summed E-state index contributed by atoms with van der Waals surface area (Å²) in [5.74, 6) is 0. The molecule has 0 aliphatic rings. The van der Waals surface area contributed by atoms with Crippen molar-refractivity contribution in [2.75, 3.05) is 7.05 Å². The van der Waals surface area contributed by atoms with Crippen molar-refractivity contribution in [2.45, 2.75) is 26.8 Å². The summed E-state index contributed by atoms with van der Waals surface area (Å²) in [7, 11) is 1.79. The Labute approximate surface area is 63.0 Å². The Hall–Kier alpha value is -0.790. The maximum Gasteiger partial charge on any atom is 0.0328 e. The van der Waals surface area contributed by atoms with Gasteiger partial charge in [0.05, 0.1) is 0 Å². The Bertz CT molecular complexity index is 134. The van der Waals surface area contributed by atoms with Crippen LogP contribution >= 0.6 is 0 Å². The Morgan fingerprint density at radius 3 is 2.50 bits per heavy atom. The van der Waals surface area contributed by atoms with Gasteiger partial charge in [0.25, 0.3) is 0 Å². The van der Waals surface area contributed by atoms with Gasteiger partial charge in [-0.2, -0.15) is 0 Å². The lowest BCUT2D eigenvalue weighted by molar-refractivity contribution is 0.703. The van der Waals surface area contributed by atoms with Gasteiger partial charge in [-0.05, 0) is 33.0 Å². The van der Waals surface area contributed by atoms with E-state index < -0.39 is 0 Å². The van der Waals surface area contributed by atoms with E-state index in [0.717, 1.165) is 5.71 Å². The summed E-state index contributed by atoms with van der Waals surface area (Å²) in [5.41, 5.74) is 1.04. The summed E-state index contributed by atoms with van der Waals surface area (Å²) < 4.78 is 0. The number of rotatable bonds is 3. The highest BCUT2D eigenvalue weighted by Gasteiger charge is 1.83. The molecule has 0 bridgehead atoms. The molecule has 0 amide bonds. The summed E-state index contributed by atoms with van der Waals surface area (Å²) in [4.78, 5) is 3.98. The third kappa shape index (κ3) is 5.35. The third-order valence-corrected chi connectivity index (χ3v) is 1.11. The summed E-state index contributed by atoms with van der Waals surface area (Å²) in [6.45, 7) is 6.17. The normalized spacial score (nSPS) is 13.1. The van der Waals surface area contributed by atoms with E-state index in [4.69, 9.17) is 0 Å². The molecule has 0 aliphatic heterocycles. The molecular weight excluding hydrogens is 124 g/mol. The second-order valence-electron chi connectivity index (χ2n) is 2.52. The van der Waals surface area contributed by atoms with Gasteiger partial charge in [-0.25, -0.2) is 0 Å². The quantitative estimate of drug-likeness (QED) is 0.591. The molecule has 10 heavy (non-hydrogen) atoms. The van der Waals surface area contributed by atoms with Crippen molar-refractivity contribution in [1.29, 1.82) is 0 Å². The van der Waals surface area contributed by atoms with Gasteiger partial charge in [0.2, 0.25) is 0 Å². The minimum Gasteiger partial charge on any atom is -0.389 e. The Morgan fingerprint density at radius 2 is 2.10 bits per heavy atom. The van der Waals surface area contributed by atoms with Gasteiger partial charge < -0.3 is 5.32 Å². The van der Waals surface area contributed by atoms with Crippen LogP contribution in [0.2, 0.25) is 0 Å². The minimum atomic E-state index is 0.501. The van der Waals surface area contributed by atoms with Crippen LogP contribution in [0, 0.1) is 0 Å². The molecule has 0 fully saturated rings. The van der Waals surface area contributed by atoms with Gasteiger partial charge in [-0.3, -0.25) is 4.99 Å². The molecule has 1 N–H and O–H groups in total. The topological polar surface area (TPSA) is 24.4 Å². The summed E-state index contributed by atoms with van der Waals surface area (Å²) in [6, 6.07) is 0.501. The first-order valence-electron chi connectivity index (χ1n) is 3.52. The lowest BCUT2D eigenvalue weighted by Gasteiger charge is -2.01. The van der Waals surface area contributed by atoms with Crippen molar-refractivity contribution in [3.8, 4) is 0 Å². The molecule has 2 heteroatoms. The average molecular weight is 140 g/mol. The van der Waals surface area contributed by atoms with Crippen molar-refractivity contribution in [3.05, 3.63) is 12.3 Å². The lowest BCUT2D eigenvalue weighted by atomic mass is 10.4. The van der Waals surface area contributed by atoms with E-state index in [2.05, 4.69) is 24.2 Å². The number of nitrogens with zero attached hydrogens (tertiary/aromatic N) is 1. The molecule has 0 aliphatic carbocycles. The van der Waals surface area contributed by atoms with E-state index in [1.165, 1.54) is 0 Å². The first-order chi connectivity index (χ1) is 4.66. The predicted molar refractivity (Wildman–Crippen MR) is 46.4 cm³/mol. The molecule has 0 rings (SSSR count). The molecule has 2 nitrogen and oxygen atoms in total. The maximum absolute atomic E-state index is 3.98. The van der Waals surface area contributed by atoms with Gasteiger partial charge in [0, 0.05) is 18.8 Å². The molecule has 0 unspecified atom stereocenters. The van der Waals surface area contributed by atoms with Crippen LogP contribution in [0.3, 0.4) is 0 Å². The molecule has 0 saturated carbocycles. The van der Waals surface area contributed by atoms with Crippen molar-refractivity contribution in [1.82, 2.24) is 5.32 Å². The van der Waals surface area contributed by atoms with Crippen LogP contribution in [0.4, 0.5) is 0 Å². The number of allylic oxidation sites excluding steroid dienone is 1. The third-order valence-electron chi connectivity index (χ3n) is 1.11. The monoisotopic (exact) mass is 140 g/mol. The van der Waals surface area contributed by atoms with E-state index in [1.807, 2.05) is 19.2 Å². The van der Waals surface area contributed by atoms with Crippen molar-refractivity contribution < 1.29 is 0 Å². The van der Waals surface area contributed by atoms with E-state index in [0.29, 0.717) is 6.04 Å². The zero-order valence-electron chi connectivity index (χ0n) is 7.18. The number of hydrogen-bond donors (Lipinski definition) is 1. The standard InChI is InChI=1S/C8H16N2/c1-7(2)10-6-5-8(3)9-4/h5-7,10H,1-4H3/b6-5-,9-8+. The Kier molecular flexibility index (Phi) is 4.63. The Balaban J connectivity index is 3.56. The lowest BCUT2D eigenvalue weighted by Crippen LogP contribution is -2.15. The molecule has 0 atom stereocenters. The van der Waals surface area contributed by atoms with E-state index in [-0.39, 0.29) is 0 Å². The zero-order valence-corrected chi connectivity index (χ0v) is 7.18. The van der Waals surface area contributed by atoms with Crippen LogP contribution < -0.4 is 5.32 Å². The van der Waals surface area contributed by atoms with Crippen LogP contribution in [-0.4, -0.2) is 18.8 Å². The number of aliphatic imine (C=N–C) groups is 1. The minimum absolute atomic E-state index is 0.501. The Morgan fingerprint density at radius 1 is 1.50 bits per heavy atom. The maximum atomic E-state index is 3.98. The van der Waals surface area contributed by atoms with E-state index in [1.54, 1.807) is 7.05 Å². The van der Waals surface area contributed by atoms with Gasteiger partial charge in [0.1, 0.15) is 0 Å². The molecule has 0 spiro atoms. The number of nitrogens with one attached hydrogen (secondary N) is 1. The van der Waals surface area contributed by atoms with Gasteiger partial charge in [0.15, 0.2) is 0 Å².